The first-order chi connectivity index (χ1) is 8.70. The summed E-state index contributed by atoms with van der Waals surface area (Å²) in [5.74, 6) is -0.172. The highest BCUT2D eigenvalue weighted by Gasteiger charge is 2.25. The Morgan fingerprint density at radius 3 is 3.17 bits per heavy atom. The minimum absolute atomic E-state index is 0.0820. The zero-order valence-corrected chi connectivity index (χ0v) is 10.2. The quantitative estimate of drug-likeness (QED) is 0.533. The van der Waals surface area contributed by atoms with Crippen molar-refractivity contribution in [2.24, 2.45) is 0 Å². The van der Waals surface area contributed by atoms with E-state index in [1.807, 2.05) is 0 Å². The van der Waals surface area contributed by atoms with E-state index < -0.39 is 0 Å². The summed E-state index contributed by atoms with van der Waals surface area (Å²) in [5, 5.41) is 8.38. The molecule has 0 saturated carbocycles. The molecular weight excluding hydrogens is 234 g/mol. The van der Waals surface area contributed by atoms with E-state index in [1.165, 1.54) is 0 Å². The van der Waals surface area contributed by atoms with Gasteiger partial charge in [-0.25, -0.2) is 4.98 Å². The largest absolute Gasteiger partial charge is 0.359 e. The van der Waals surface area contributed by atoms with Crippen LogP contribution in [0.1, 0.15) is 17.8 Å². The van der Waals surface area contributed by atoms with Crippen LogP contribution >= 0.6 is 0 Å². The Morgan fingerprint density at radius 2 is 2.39 bits per heavy atom. The molecule has 1 aromatic rings. The van der Waals surface area contributed by atoms with Gasteiger partial charge in [-0.15, -0.1) is 0 Å². The molecule has 0 aliphatic carbocycles. The number of hydrogen-bond donors (Lipinski definition) is 4. The number of imidazole rings is 1. The highest BCUT2D eigenvalue weighted by molar-refractivity contribution is 5.83. The maximum absolute atomic E-state index is 11.9. The maximum atomic E-state index is 11.9. The molecule has 1 atom stereocenters. The summed E-state index contributed by atoms with van der Waals surface area (Å²) in [7, 11) is 1.58. The van der Waals surface area contributed by atoms with E-state index >= 15 is 0 Å². The topological polar surface area (TPSA) is 98.9 Å². The van der Waals surface area contributed by atoms with Gasteiger partial charge in [0.2, 0.25) is 11.8 Å². The number of nitrogens with one attached hydrogen (secondary N) is 4. The molecule has 4 N–H and O–H groups in total. The Bertz CT molecular complexity index is 442. The lowest BCUT2D eigenvalue weighted by atomic mass is 10.0. The van der Waals surface area contributed by atoms with Crippen LogP contribution in [-0.4, -0.2) is 41.4 Å². The second-order valence-corrected chi connectivity index (χ2v) is 4.18. The number of fused-ring (bicyclic) bond motifs is 1. The van der Waals surface area contributed by atoms with E-state index in [0.717, 1.165) is 11.4 Å². The molecule has 0 fully saturated rings. The van der Waals surface area contributed by atoms with Gasteiger partial charge in [-0.3, -0.25) is 14.9 Å². The monoisotopic (exact) mass is 251 g/mol. The predicted octanol–water partition coefficient (Wildman–Crippen LogP) is -1.32. The third kappa shape index (κ3) is 2.86. The lowest BCUT2D eigenvalue weighted by molar-refractivity contribution is -0.123. The average Bonchev–Trinajstić information content (AvgIpc) is 2.85. The first-order valence-corrected chi connectivity index (χ1v) is 5.93. The lowest BCUT2D eigenvalue weighted by Crippen LogP contribution is -2.48. The molecule has 2 heterocycles. The summed E-state index contributed by atoms with van der Waals surface area (Å²) in [4.78, 5) is 30.1. The third-order valence-corrected chi connectivity index (χ3v) is 2.98. The molecule has 0 spiro atoms. The van der Waals surface area contributed by atoms with Crippen molar-refractivity contribution >= 4 is 11.8 Å². The van der Waals surface area contributed by atoms with Gasteiger partial charge in [0.25, 0.3) is 0 Å². The Morgan fingerprint density at radius 1 is 1.56 bits per heavy atom. The van der Waals surface area contributed by atoms with Crippen molar-refractivity contribution in [2.75, 3.05) is 13.6 Å². The molecule has 0 aromatic carbocycles. The van der Waals surface area contributed by atoms with Crippen LogP contribution in [0.2, 0.25) is 0 Å². The normalized spacial score (nSPS) is 17.9. The van der Waals surface area contributed by atoms with Crippen molar-refractivity contribution in [2.45, 2.75) is 25.4 Å². The van der Waals surface area contributed by atoms with Gasteiger partial charge in [0.15, 0.2) is 0 Å². The molecule has 0 radical (unpaired) electrons. The molecule has 0 bridgehead atoms. The lowest BCUT2D eigenvalue weighted by Gasteiger charge is -2.22. The average molecular weight is 251 g/mol. The number of hydrogen-bond acceptors (Lipinski definition) is 4. The van der Waals surface area contributed by atoms with E-state index in [0.29, 0.717) is 25.9 Å². The van der Waals surface area contributed by atoms with Gasteiger partial charge in [0, 0.05) is 33.0 Å². The molecule has 1 aliphatic rings. The summed E-state index contributed by atoms with van der Waals surface area (Å²) < 4.78 is 0. The van der Waals surface area contributed by atoms with E-state index in [-0.39, 0.29) is 17.9 Å². The molecule has 1 aromatic heterocycles. The second-order valence-electron chi connectivity index (χ2n) is 4.18. The summed E-state index contributed by atoms with van der Waals surface area (Å²) in [6, 6.07) is -0.273. The molecule has 0 saturated heterocycles. The molecule has 2 amide bonds. The number of rotatable bonds is 4. The zero-order valence-electron chi connectivity index (χ0n) is 10.2. The van der Waals surface area contributed by atoms with Crippen molar-refractivity contribution < 1.29 is 9.59 Å². The number of aromatic nitrogens is 2. The summed E-state index contributed by atoms with van der Waals surface area (Å²) in [5.41, 5.74) is 1.96. The van der Waals surface area contributed by atoms with E-state index in [4.69, 9.17) is 0 Å². The van der Waals surface area contributed by atoms with Crippen molar-refractivity contribution in [1.82, 2.24) is 25.9 Å². The summed E-state index contributed by atoms with van der Waals surface area (Å²) in [6.07, 6.45) is 2.51. The highest BCUT2D eigenvalue weighted by atomic mass is 16.2. The number of carbonyl (C=O) groups excluding carboxylic acids is 2. The van der Waals surface area contributed by atoms with Crippen LogP contribution in [0.4, 0.5) is 0 Å². The SMILES string of the molecule is CNC(=O)CCNC(=O)C1Cc2nc[nH]c2CN1. The Balaban J connectivity index is 1.79. The number of H-pyrrole nitrogens is 1. The minimum Gasteiger partial charge on any atom is -0.359 e. The highest BCUT2D eigenvalue weighted by Crippen LogP contribution is 2.11. The first kappa shape index (κ1) is 12.6. The van der Waals surface area contributed by atoms with E-state index in [9.17, 15) is 9.59 Å². The van der Waals surface area contributed by atoms with Crippen LogP contribution < -0.4 is 16.0 Å². The Kier molecular flexibility index (Phi) is 3.93. The van der Waals surface area contributed by atoms with Crippen molar-refractivity contribution in [3.05, 3.63) is 17.7 Å². The molecule has 7 heteroatoms. The molecule has 2 rings (SSSR count). The summed E-state index contributed by atoms with van der Waals surface area (Å²) in [6.45, 7) is 0.965. The fraction of sp³-hybridized carbons (Fsp3) is 0.545. The number of nitrogens with zero attached hydrogens (tertiary/aromatic N) is 1. The first-order valence-electron chi connectivity index (χ1n) is 5.93. The fourth-order valence-corrected chi connectivity index (χ4v) is 1.90. The predicted molar refractivity (Wildman–Crippen MR) is 64.6 cm³/mol. The second kappa shape index (κ2) is 5.63. The molecule has 7 nitrogen and oxygen atoms in total. The third-order valence-electron chi connectivity index (χ3n) is 2.98. The number of aromatic amines is 1. The summed E-state index contributed by atoms with van der Waals surface area (Å²) >= 11 is 0. The minimum atomic E-state index is -0.273. The number of amides is 2. The van der Waals surface area contributed by atoms with Gasteiger partial charge < -0.3 is 15.6 Å². The zero-order chi connectivity index (χ0) is 13.0. The standard InChI is InChI=1S/C11H17N5O2/c1-12-10(17)2-3-13-11(18)8-4-7-9(5-14-8)16-6-15-7/h6,8,14H,2-5H2,1H3,(H,12,17)(H,13,18)(H,15,16). The Hall–Kier alpha value is -1.89. The van der Waals surface area contributed by atoms with Gasteiger partial charge in [0.05, 0.1) is 23.8 Å². The smallest absolute Gasteiger partial charge is 0.237 e. The van der Waals surface area contributed by atoms with Gasteiger partial charge in [-0.05, 0) is 0 Å². The van der Waals surface area contributed by atoms with E-state index in [2.05, 4.69) is 25.9 Å². The van der Waals surface area contributed by atoms with Gasteiger partial charge >= 0.3 is 0 Å². The van der Waals surface area contributed by atoms with Crippen LogP contribution in [0, 0.1) is 0 Å². The van der Waals surface area contributed by atoms with Crippen LogP contribution in [0.15, 0.2) is 6.33 Å². The van der Waals surface area contributed by atoms with Crippen LogP contribution in [0.5, 0.6) is 0 Å². The van der Waals surface area contributed by atoms with Crippen LogP contribution in [-0.2, 0) is 22.6 Å². The maximum Gasteiger partial charge on any atom is 0.237 e. The van der Waals surface area contributed by atoms with Gasteiger partial charge in [-0.1, -0.05) is 0 Å². The van der Waals surface area contributed by atoms with Gasteiger partial charge in [-0.2, -0.15) is 0 Å². The molecule has 1 unspecified atom stereocenters. The van der Waals surface area contributed by atoms with E-state index in [1.54, 1.807) is 13.4 Å². The van der Waals surface area contributed by atoms with Crippen LogP contribution in [0.25, 0.3) is 0 Å². The molecule has 18 heavy (non-hydrogen) atoms. The fourth-order valence-electron chi connectivity index (χ4n) is 1.90. The molecule has 1 aliphatic heterocycles. The van der Waals surface area contributed by atoms with Crippen LogP contribution in [0.3, 0.4) is 0 Å². The van der Waals surface area contributed by atoms with Crippen molar-refractivity contribution in [3.8, 4) is 0 Å². The molecular formula is C11H17N5O2. The van der Waals surface area contributed by atoms with Crippen molar-refractivity contribution in [3.63, 3.8) is 0 Å². The Labute approximate surface area is 105 Å². The molecule has 98 valence electrons. The van der Waals surface area contributed by atoms with Crippen molar-refractivity contribution in [1.29, 1.82) is 0 Å². The number of carbonyl (C=O) groups is 2. The van der Waals surface area contributed by atoms with Gasteiger partial charge in [0.1, 0.15) is 0 Å².